The summed E-state index contributed by atoms with van der Waals surface area (Å²) in [5.41, 5.74) is 9.43. The lowest BCUT2D eigenvalue weighted by atomic mass is 9.72. The number of anilines is 2. The molecule has 32 heavy (non-hydrogen) atoms. The number of nitrogens with two attached hydrogens (primary N) is 1. The number of fused-ring (bicyclic) bond motifs is 4. The van der Waals surface area contributed by atoms with Crippen LogP contribution in [-0.2, 0) is 6.42 Å². The van der Waals surface area contributed by atoms with Crippen LogP contribution in [0.25, 0.3) is 21.9 Å². The van der Waals surface area contributed by atoms with Gasteiger partial charge in [-0.1, -0.05) is 0 Å². The fourth-order valence-electron chi connectivity index (χ4n) is 5.22. The van der Waals surface area contributed by atoms with Crippen LogP contribution in [0.1, 0.15) is 23.6 Å². The van der Waals surface area contributed by atoms with Gasteiger partial charge in [-0.25, -0.2) is 24.3 Å². The van der Waals surface area contributed by atoms with Crippen LogP contribution in [0.4, 0.5) is 15.9 Å². The highest BCUT2D eigenvalue weighted by molar-refractivity contribution is 6.14. The summed E-state index contributed by atoms with van der Waals surface area (Å²) in [4.78, 5) is 24.1. The first kappa shape index (κ1) is 19.4. The van der Waals surface area contributed by atoms with Crippen molar-refractivity contribution in [2.24, 2.45) is 17.6 Å². The lowest BCUT2D eigenvalue weighted by Crippen LogP contribution is -2.46. The molecule has 1 aromatic carbocycles. The van der Waals surface area contributed by atoms with Crippen LogP contribution >= 0.6 is 0 Å². The van der Waals surface area contributed by atoms with E-state index in [0.29, 0.717) is 35.4 Å². The zero-order valence-electron chi connectivity index (χ0n) is 18.1. The molecule has 0 bridgehead atoms. The number of halogens is 1. The van der Waals surface area contributed by atoms with Gasteiger partial charge in [-0.3, -0.25) is 0 Å². The fourth-order valence-corrected chi connectivity index (χ4v) is 5.22. The van der Waals surface area contributed by atoms with Gasteiger partial charge in [-0.15, -0.1) is 0 Å². The van der Waals surface area contributed by atoms with Crippen molar-refractivity contribution in [1.82, 2.24) is 24.9 Å². The number of hydrogen-bond donors (Lipinski definition) is 3. The molecule has 4 N–H and O–H groups in total. The maximum absolute atomic E-state index is 14.4. The van der Waals surface area contributed by atoms with Gasteiger partial charge >= 0.3 is 0 Å². The molecule has 164 valence electrons. The van der Waals surface area contributed by atoms with Gasteiger partial charge in [0.2, 0.25) is 0 Å². The second-order valence-corrected chi connectivity index (χ2v) is 8.98. The topological polar surface area (TPSA) is 109 Å². The predicted octanol–water partition coefficient (Wildman–Crippen LogP) is 2.76. The molecule has 3 aromatic heterocycles. The van der Waals surface area contributed by atoms with Gasteiger partial charge in [0, 0.05) is 50.4 Å². The van der Waals surface area contributed by atoms with Crippen LogP contribution < -0.4 is 16.0 Å². The Bertz CT molecular complexity index is 1330. The standard InChI is InChI=1S/C23H25FN8/c1-11-27-7-12(8-28-11)3-19-29-22-20(15-5-14(24)6-18(26-2)21(15)31-22)23(30-19)32-9-13-4-17(25)16(13)10-32/h5-8,13,16-17,26H,3-4,9-10,25H2,1-2H3,(H,29,30,31). The first-order chi connectivity index (χ1) is 15.5. The molecular formula is C23H25FN8. The summed E-state index contributed by atoms with van der Waals surface area (Å²) in [6.07, 6.45) is 5.19. The Balaban J connectivity index is 1.53. The normalized spacial score (nSPS) is 22.4. The average Bonchev–Trinajstić information content (AvgIpc) is 3.31. The highest BCUT2D eigenvalue weighted by Gasteiger charge is 2.46. The molecule has 6 rings (SSSR count). The van der Waals surface area contributed by atoms with E-state index in [0.717, 1.165) is 53.0 Å². The molecule has 0 spiro atoms. The summed E-state index contributed by atoms with van der Waals surface area (Å²) >= 11 is 0. The quantitative estimate of drug-likeness (QED) is 0.455. The third kappa shape index (κ3) is 2.99. The van der Waals surface area contributed by atoms with Crippen LogP contribution in [0, 0.1) is 24.6 Å². The number of rotatable bonds is 4. The molecule has 9 heteroatoms. The zero-order chi connectivity index (χ0) is 22.0. The monoisotopic (exact) mass is 432 g/mol. The number of aryl methyl sites for hydroxylation is 1. The minimum absolute atomic E-state index is 0.253. The van der Waals surface area contributed by atoms with Gasteiger partial charge in [0.05, 0.1) is 16.6 Å². The molecule has 1 aliphatic heterocycles. The summed E-state index contributed by atoms with van der Waals surface area (Å²) < 4.78 is 14.4. The Kier molecular flexibility index (Phi) is 4.29. The summed E-state index contributed by atoms with van der Waals surface area (Å²) in [6.45, 7) is 3.64. The van der Waals surface area contributed by atoms with Crippen LogP contribution in [0.2, 0.25) is 0 Å². The predicted molar refractivity (Wildman–Crippen MR) is 122 cm³/mol. The number of nitrogens with one attached hydrogen (secondary N) is 2. The largest absolute Gasteiger partial charge is 0.386 e. The molecule has 3 unspecified atom stereocenters. The van der Waals surface area contributed by atoms with Crippen molar-refractivity contribution in [3.63, 3.8) is 0 Å². The molecular weight excluding hydrogens is 407 g/mol. The SMILES string of the molecule is CNc1cc(F)cc2c1[nH]c1nc(Cc3cnc(C)nc3)nc(N3CC4CC(N)C4C3)c12. The molecule has 0 amide bonds. The van der Waals surface area contributed by atoms with E-state index >= 15 is 0 Å². The summed E-state index contributed by atoms with van der Waals surface area (Å²) in [5.74, 6) is 3.05. The van der Waals surface area contributed by atoms with Crippen molar-refractivity contribution in [3.8, 4) is 0 Å². The van der Waals surface area contributed by atoms with E-state index in [1.54, 1.807) is 13.1 Å². The molecule has 2 aliphatic rings. The van der Waals surface area contributed by atoms with E-state index in [-0.39, 0.29) is 11.9 Å². The highest BCUT2D eigenvalue weighted by atomic mass is 19.1. The maximum atomic E-state index is 14.4. The third-order valence-electron chi connectivity index (χ3n) is 6.93. The molecule has 4 heterocycles. The molecule has 0 radical (unpaired) electrons. The van der Waals surface area contributed by atoms with Crippen LogP contribution in [0.3, 0.4) is 0 Å². The van der Waals surface area contributed by atoms with Crippen molar-refractivity contribution in [2.45, 2.75) is 25.8 Å². The fraction of sp³-hybridized carbons (Fsp3) is 0.391. The van der Waals surface area contributed by atoms with E-state index in [4.69, 9.17) is 15.7 Å². The number of nitrogens with zero attached hydrogens (tertiary/aromatic N) is 5. The Labute approximate surface area is 184 Å². The molecule has 1 saturated heterocycles. The first-order valence-electron chi connectivity index (χ1n) is 11.0. The minimum atomic E-state index is -0.293. The van der Waals surface area contributed by atoms with Crippen molar-refractivity contribution in [2.75, 3.05) is 30.4 Å². The lowest BCUT2D eigenvalue weighted by molar-refractivity contribution is 0.194. The van der Waals surface area contributed by atoms with Gasteiger partial charge < -0.3 is 20.9 Å². The Morgan fingerprint density at radius 3 is 2.75 bits per heavy atom. The number of aromatic nitrogens is 5. The summed E-state index contributed by atoms with van der Waals surface area (Å²) in [7, 11) is 1.79. The summed E-state index contributed by atoms with van der Waals surface area (Å²) in [5, 5.41) is 4.73. The van der Waals surface area contributed by atoms with Gasteiger partial charge in [0.25, 0.3) is 0 Å². The molecule has 2 fully saturated rings. The number of aromatic amines is 1. The lowest BCUT2D eigenvalue weighted by Gasteiger charge is -2.36. The third-order valence-corrected chi connectivity index (χ3v) is 6.93. The van der Waals surface area contributed by atoms with Gasteiger partial charge in [-0.2, -0.15) is 0 Å². The molecule has 4 aromatic rings. The summed E-state index contributed by atoms with van der Waals surface area (Å²) in [6, 6.07) is 3.30. The van der Waals surface area contributed by atoms with Crippen LogP contribution in [-0.4, -0.2) is 51.1 Å². The maximum Gasteiger partial charge on any atom is 0.144 e. The number of hydrogen-bond acceptors (Lipinski definition) is 7. The van der Waals surface area contributed by atoms with E-state index in [9.17, 15) is 4.39 Å². The van der Waals surface area contributed by atoms with Crippen molar-refractivity contribution < 1.29 is 4.39 Å². The van der Waals surface area contributed by atoms with Gasteiger partial charge in [0.1, 0.15) is 28.9 Å². The first-order valence-corrected chi connectivity index (χ1v) is 11.0. The van der Waals surface area contributed by atoms with Gasteiger partial charge in [0.15, 0.2) is 0 Å². The van der Waals surface area contributed by atoms with Gasteiger partial charge in [-0.05, 0) is 42.9 Å². The van der Waals surface area contributed by atoms with E-state index in [2.05, 4.69) is 25.2 Å². The Morgan fingerprint density at radius 1 is 1.22 bits per heavy atom. The van der Waals surface area contributed by atoms with Crippen LogP contribution in [0.5, 0.6) is 0 Å². The van der Waals surface area contributed by atoms with E-state index < -0.39 is 0 Å². The highest BCUT2D eigenvalue weighted by Crippen LogP contribution is 2.44. The van der Waals surface area contributed by atoms with Crippen molar-refractivity contribution in [3.05, 3.63) is 47.6 Å². The Morgan fingerprint density at radius 2 is 2.03 bits per heavy atom. The second kappa shape index (κ2) is 7.09. The van der Waals surface area contributed by atoms with Crippen molar-refractivity contribution >= 4 is 33.4 Å². The minimum Gasteiger partial charge on any atom is -0.386 e. The van der Waals surface area contributed by atoms with E-state index in [1.165, 1.54) is 6.07 Å². The molecule has 1 saturated carbocycles. The average molecular weight is 433 g/mol. The van der Waals surface area contributed by atoms with Crippen LogP contribution in [0.15, 0.2) is 24.5 Å². The van der Waals surface area contributed by atoms with Crippen molar-refractivity contribution in [1.29, 1.82) is 0 Å². The smallest absolute Gasteiger partial charge is 0.144 e. The zero-order valence-corrected chi connectivity index (χ0v) is 18.1. The number of H-pyrrole nitrogens is 1. The molecule has 8 nitrogen and oxygen atoms in total. The molecule has 1 aliphatic carbocycles. The number of benzene rings is 1. The Hall–Kier alpha value is -3.33. The molecule has 3 atom stereocenters. The second-order valence-electron chi connectivity index (χ2n) is 8.98. The van der Waals surface area contributed by atoms with E-state index in [1.807, 2.05) is 19.3 Å².